The Bertz CT molecular complexity index is 838. The summed E-state index contributed by atoms with van der Waals surface area (Å²) in [5.41, 5.74) is 4.31. The molecule has 8 heteroatoms. The molecule has 2 heterocycles. The fraction of sp³-hybridized carbons (Fsp3) is 0.630. The molecule has 3 N–H and O–H groups in total. The Balaban J connectivity index is 1.77. The second-order valence-electron chi connectivity index (χ2n) is 9.89. The summed E-state index contributed by atoms with van der Waals surface area (Å²) in [4.78, 5) is 28.6. The van der Waals surface area contributed by atoms with Gasteiger partial charge in [0.2, 0.25) is 5.91 Å². The van der Waals surface area contributed by atoms with Crippen LogP contribution in [0.1, 0.15) is 57.9 Å². The summed E-state index contributed by atoms with van der Waals surface area (Å²) in [7, 11) is 2.01. The van der Waals surface area contributed by atoms with Gasteiger partial charge in [0.15, 0.2) is 0 Å². The molecule has 0 spiro atoms. The van der Waals surface area contributed by atoms with E-state index in [1.165, 1.54) is 0 Å². The van der Waals surface area contributed by atoms with Crippen molar-refractivity contribution < 1.29 is 14.3 Å². The van der Waals surface area contributed by atoms with E-state index in [9.17, 15) is 9.59 Å². The molecule has 0 bridgehead atoms. The van der Waals surface area contributed by atoms with Gasteiger partial charge in [0.25, 0.3) is 5.91 Å². The largest absolute Gasteiger partial charge is 0.493 e. The number of fused-ring (bicyclic) bond motifs is 1. The van der Waals surface area contributed by atoms with Crippen LogP contribution >= 0.6 is 0 Å². The van der Waals surface area contributed by atoms with Crippen molar-refractivity contribution in [3.05, 3.63) is 42.1 Å². The van der Waals surface area contributed by atoms with Crippen LogP contribution in [0.25, 0.3) is 0 Å². The maximum Gasteiger partial charge on any atom is 0.259 e. The zero-order valence-corrected chi connectivity index (χ0v) is 21.6. The van der Waals surface area contributed by atoms with Gasteiger partial charge >= 0.3 is 0 Å². The molecular weight excluding hydrogens is 442 g/mol. The van der Waals surface area contributed by atoms with Gasteiger partial charge in [-0.05, 0) is 63.3 Å². The zero-order valence-electron chi connectivity index (χ0n) is 21.6. The van der Waals surface area contributed by atoms with Gasteiger partial charge < -0.3 is 20.3 Å². The molecule has 0 radical (unpaired) electrons. The van der Waals surface area contributed by atoms with Gasteiger partial charge in [0, 0.05) is 32.2 Å². The number of para-hydroxylation sites is 1. The molecule has 1 aromatic carbocycles. The van der Waals surface area contributed by atoms with E-state index in [2.05, 4.69) is 27.0 Å². The van der Waals surface area contributed by atoms with E-state index >= 15 is 0 Å². The first-order chi connectivity index (χ1) is 17.0. The minimum absolute atomic E-state index is 0.0824. The van der Waals surface area contributed by atoms with Crippen molar-refractivity contribution in [2.75, 3.05) is 33.3 Å². The van der Waals surface area contributed by atoms with Crippen LogP contribution in [-0.4, -0.2) is 67.1 Å². The van der Waals surface area contributed by atoms with Crippen LogP contribution in [0.2, 0.25) is 0 Å². The summed E-state index contributed by atoms with van der Waals surface area (Å²) >= 11 is 0. The lowest BCUT2D eigenvalue weighted by molar-refractivity contribution is -0.140. The van der Waals surface area contributed by atoms with Crippen LogP contribution in [0.3, 0.4) is 0 Å². The number of carbonyl (C=O) groups excluding carboxylic acids is 2. The molecule has 0 saturated carbocycles. The van der Waals surface area contributed by atoms with Gasteiger partial charge in [0.1, 0.15) is 11.8 Å². The van der Waals surface area contributed by atoms with Gasteiger partial charge in [-0.2, -0.15) is 0 Å². The number of carbonyl (C=O) groups is 2. The van der Waals surface area contributed by atoms with Gasteiger partial charge in [-0.1, -0.05) is 38.1 Å². The summed E-state index contributed by atoms with van der Waals surface area (Å²) in [5.74, 6) is 0.839. The topological polar surface area (TPSA) is 85.9 Å². The number of ether oxygens (including phenoxy) is 1. The third kappa shape index (κ3) is 8.54. The highest BCUT2D eigenvalue weighted by Gasteiger charge is 2.30. The number of hydrogen-bond acceptors (Lipinski definition) is 6. The predicted octanol–water partition coefficient (Wildman–Crippen LogP) is 2.81. The fourth-order valence-corrected chi connectivity index (χ4v) is 4.50. The third-order valence-electron chi connectivity index (χ3n) is 6.51. The molecule has 8 nitrogen and oxygen atoms in total. The van der Waals surface area contributed by atoms with Crippen LogP contribution in [-0.2, 0) is 16.1 Å². The maximum absolute atomic E-state index is 13.3. The molecule has 2 unspecified atom stereocenters. The number of hydrogen-bond donors (Lipinski definition) is 3. The van der Waals surface area contributed by atoms with Gasteiger partial charge in [-0.15, -0.1) is 0 Å². The van der Waals surface area contributed by atoms with Crippen molar-refractivity contribution in [3.8, 4) is 5.75 Å². The molecule has 2 amide bonds. The average molecular weight is 486 g/mol. The van der Waals surface area contributed by atoms with E-state index in [1.807, 2.05) is 51.4 Å². The van der Waals surface area contributed by atoms with E-state index in [1.54, 1.807) is 5.01 Å². The molecule has 35 heavy (non-hydrogen) atoms. The van der Waals surface area contributed by atoms with Crippen LogP contribution < -0.4 is 20.8 Å². The monoisotopic (exact) mass is 485 g/mol. The van der Waals surface area contributed by atoms with Crippen molar-refractivity contribution in [3.63, 3.8) is 0 Å². The standard InChI is InChI=1S/C27H43N5O3/c1-21(2)25-26(33)30-23(27(34)32-18-9-8-16-29-32)13-11-17-31(3)20-22-12-5-6-14-24(22)35-19-10-4-7-15-28-25/h5-6,11-12,14,17,21,23,25,28-29H,4,7-10,13,15-16,18-20H2,1-3H3,(H,30,33). The zero-order chi connectivity index (χ0) is 25.0. The fourth-order valence-electron chi connectivity index (χ4n) is 4.50. The Morgan fingerprint density at radius 2 is 1.89 bits per heavy atom. The van der Waals surface area contributed by atoms with Crippen molar-refractivity contribution >= 4 is 11.8 Å². The molecule has 0 aromatic heterocycles. The van der Waals surface area contributed by atoms with Gasteiger partial charge in [-0.25, -0.2) is 5.43 Å². The lowest BCUT2D eigenvalue weighted by Gasteiger charge is -2.32. The van der Waals surface area contributed by atoms with Gasteiger partial charge in [0.05, 0.1) is 12.6 Å². The Hall–Kier alpha value is -2.58. The number of hydrazine groups is 1. The molecular formula is C27H43N5O3. The van der Waals surface area contributed by atoms with E-state index in [-0.39, 0.29) is 23.8 Å². The highest BCUT2D eigenvalue weighted by molar-refractivity contribution is 5.90. The second kappa shape index (κ2) is 14.1. The highest BCUT2D eigenvalue weighted by atomic mass is 16.5. The summed E-state index contributed by atoms with van der Waals surface area (Å²) in [6, 6.07) is 7.18. The maximum atomic E-state index is 13.3. The predicted molar refractivity (Wildman–Crippen MR) is 139 cm³/mol. The quantitative estimate of drug-likeness (QED) is 0.597. The van der Waals surface area contributed by atoms with Crippen molar-refractivity contribution in [2.45, 2.75) is 71.0 Å². The molecule has 0 aliphatic carbocycles. The Labute approximate surface area is 210 Å². The first-order valence-corrected chi connectivity index (χ1v) is 13.1. The first-order valence-electron chi connectivity index (χ1n) is 13.1. The summed E-state index contributed by atoms with van der Waals surface area (Å²) in [6.45, 7) is 7.65. The molecule has 1 fully saturated rings. The van der Waals surface area contributed by atoms with Crippen molar-refractivity contribution in [1.82, 2.24) is 26.0 Å². The number of amides is 2. The highest BCUT2D eigenvalue weighted by Crippen LogP contribution is 2.20. The van der Waals surface area contributed by atoms with E-state index in [0.717, 1.165) is 56.5 Å². The second-order valence-corrected chi connectivity index (χ2v) is 9.89. The molecule has 2 aliphatic heterocycles. The third-order valence-corrected chi connectivity index (χ3v) is 6.51. The van der Waals surface area contributed by atoms with E-state index in [4.69, 9.17) is 4.74 Å². The molecule has 2 atom stereocenters. The van der Waals surface area contributed by atoms with Crippen molar-refractivity contribution in [2.24, 2.45) is 5.92 Å². The summed E-state index contributed by atoms with van der Waals surface area (Å²) < 4.78 is 6.08. The lowest BCUT2D eigenvalue weighted by Crippen LogP contribution is -2.58. The molecule has 2 aliphatic rings. The SMILES string of the molecule is CC(C)C1NCCCCCOc2ccccc2CN(C)C=CCC(C(=O)N2CCCCN2)NC1=O. The number of benzene rings is 1. The van der Waals surface area contributed by atoms with Crippen LogP contribution in [0, 0.1) is 5.92 Å². The Morgan fingerprint density at radius 3 is 2.66 bits per heavy atom. The molecule has 1 saturated heterocycles. The Kier molecular flexibility index (Phi) is 10.9. The number of nitrogens with one attached hydrogen (secondary N) is 3. The smallest absolute Gasteiger partial charge is 0.259 e. The number of nitrogens with zero attached hydrogens (tertiary/aromatic N) is 2. The Morgan fingerprint density at radius 1 is 1.09 bits per heavy atom. The summed E-state index contributed by atoms with van der Waals surface area (Å²) in [5, 5.41) is 8.14. The van der Waals surface area contributed by atoms with Crippen LogP contribution in [0.5, 0.6) is 5.75 Å². The van der Waals surface area contributed by atoms with Crippen molar-refractivity contribution in [1.29, 1.82) is 0 Å². The molecule has 3 rings (SSSR count). The first kappa shape index (κ1) is 27.0. The molecule has 194 valence electrons. The summed E-state index contributed by atoms with van der Waals surface area (Å²) in [6.07, 6.45) is 9.34. The normalized spacial score (nSPS) is 23.6. The lowest BCUT2D eigenvalue weighted by atomic mass is 10.0. The minimum Gasteiger partial charge on any atom is -0.493 e. The van der Waals surface area contributed by atoms with Crippen LogP contribution in [0.15, 0.2) is 36.5 Å². The van der Waals surface area contributed by atoms with E-state index in [0.29, 0.717) is 26.1 Å². The minimum atomic E-state index is -0.615. The average Bonchev–Trinajstić information content (AvgIpc) is 2.85. The van der Waals surface area contributed by atoms with E-state index < -0.39 is 6.04 Å². The van der Waals surface area contributed by atoms with Crippen LogP contribution in [0.4, 0.5) is 0 Å². The molecule has 1 aromatic rings. The number of rotatable bonds is 2. The van der Waals surface area contributed by atoms with Gasteiger partial charge in [-0.3, -0.25) is 14.6 Å².